The third-order valence-corrected chi connectivity index (χ3v) is 2.76. The van der Waals surface area contributed by atoms with Crippen molar-refractivity contribution in [2.45, 2.75) is 13.3 Å². The summed E-state index contributed by atoms with van der Waals surface area (Å²) in [6.07, 6.45) is -0.349. The lowest BCUT2D eigenvalue weighted by Gasteiger charge is -2.10. The second-order valence-corrected chi connectivity index (χ2v) is 4.58. The summed E-state index contributed by atoms with van der Waals surface area (Å²) in [6, 6.07) is 2.18. The summed E-state index contributed by atoms with van der Waals surface area (Å²) in [7, 11) is 1.17. The Morgan fingerprint density at radius 3 is 2.53 bits per heavy atom. The third-order valence-electron chi connectivity index (χ3n) is 2.15. The number of carbonyl (C=O) groups excluding carboxylic acids is 3. The van der Waals surface area contributed by atoms with Gasteiger partial charge in [0.15, 0.2) is 0 Å². The van der Waals surface area contributed by atoms with Gasteiger partial charge in [0.25, 0.3) is 0 Å². The molecule has 0 saturated heterocycles. The van der Waals surface area contributed by atoms with E-state index in [2.05, 4.69) is 26.0 Å². The Balaban J connectivity index is 3.10. The van der Waals surface area contributed by atoms with Gasteiger partial charge in [0.1, 0.15) is 11.6 Å². The van der Waals surface area contributed by atoms with Crippen molar-refractivity contribution in [1.29, 1.82) is 0 Å². The van der Waals surface area contributed by atoms with Gasteiger partial charge in [0.2, 0.25) is 5.91 Å². The van der Waals surface area contributed by atoms with Crippen LogP contribution in [0.3, 0.4) is 0 Å². The number of anilines is 1. The van der Waals surface area contributed by atoms with Crippen molar-refractivity contribution in [3.8, 4) is 0 Å². The van der Waals surface area contributed by atoms with Gasteiger partial charge in [-0.15, -0.1) is 0 Å². The number of esters is 1. The van der Waals surface area contributed by atoms with E-state index in [1.807, 2.05) is 0 Å². The van der Waals surface area contributed by atoms with Crippen LogP contribution in [0.1, 0.15) is 23.7 Å². The van der Waals surface area contributed by atoms with E-state index < -0.39 is 17.7 Å². The SMILES string of the molecule is COC(=O)c1cc(Br)c(F)cc1NC(=O)CC(C)=O. The lowest BCUT2D eigenvalue weighted by molar-refractivity contribution is -0.124. The quantitative estimate of drug-likeness (QED) is 0.678. The molecule has 0 unspecified atom stereocenters. The molecule has 1 N–H and O–H groups in total. The molecule has 1 aromatic rings. The molecule has 0 atom stereocenters. The first kappa shape index (κ1) is 15.3. The third kappa shape index (κ3) is 4.13. The second kappa shape index (κ2) is 6.42. The summed E-state index contributed by atoms with van der Waals surface area (Å²) in [5.74, 6) is -2.33. The zero-order valence-electron chi connectivity index (χ0n) is 10.3. The minimum atomic E-state index is -0.723. The molecule has 0 spiro atoms. The van der Waals surface area contributed by atoms with Crippen molar-refractivity contribution in [3.05, 3.63) is 28.0 Å². The Morgan fingerprint density at radius 2 is 2.00 bits per heavy atom. The number of carbonyl (C=O) groups is 3. The Kier molecular flexibility index (Phi) is 5.17. The number of ether oxygens (including phenoxy) is 1. The molecular weight excluding hydrogens is 321 g/mol. The smallest absolute Gasteiger partial charge is 0.340 e. The molecule has 0 aliphatic rings. The minimum Gasteiger partial charge on any atom is -0.465 e. The first-order chi connectivity index (χ1) is 8.85. The van der Waals surface area contributed by atoms with Crippen LogP contribution in [0.4, 0.5) is 10.1 Å². The van der Waals surface area contributed by atoms with Gasteiger partial charge in [-0.1, -0.05) is 0 Å². The van der Waals surface area contributed by atoms with E-state index in [4.69, 9.17) is 0 Å². The van der Waals surface area contributed by atoms with Gasteiger partial charge >= 0.3 is 5.97 Å². The monoisotopic (exact) mass is 331 g/mol. The largest absolute Gasteiger partial charge is 0.465 e. The molecule has 19 heavy (non-hydrogen) atoms. The van der Waals surface area contributed by atoms with Gasteiger partial charge in [-0.2, -0.15) is 0 Å². The molecule has 0 aromatic heterocycles. The molecule has 5 nitrogen and oxygen atoms in total. The van der Waals surface area contributed by atoms with Crippen LogP contribution < -0.4 is 5.32 Å². The molecule has 0 aliphatic carbocycles. The summed E-state index contributed by atoms with van der Waals surface area (Å²) in [5.41, 5.74) is -0.0496. The van der Waals surface area contributed by atoms with E-state index in [0.717, 1.165) is 6.07 Å². The molecule has 0 saturated carbocycles. The molecule has 102 valence electrons. The normalized spacial score (nSPS) is 9.89. The van der Waals surface area contributed by atoms with Crippen molar-refractivity contribution < 1.29 is 23.5 Å². The maximum atomic E-state index is 13.4. The summed E-state index contributed by atoms with van der Waals surface area (Å²) >= 11 is 2.93. The molecule has 0 fully saturated rings. The van der Waals surface area contributed by atoms with Crippen molar-refractivity contribution in [3.63, 3.8) is 0 Å². The summed E-state index contributed by atoms with van der Waals surface area (Å²) < 4.78 is 18.0. The van der Waals surface area contributed by atoms with E-state index in [9.17, 15) is 18.8 Å². The summed E-state index contributed by atoms with van der Waals surface area (Å²) in [6.45, 7) is 1.25. The Bertz CT molecular complexity index is 545. The minimum absolute atomic E-state index is 0.00678. The first-order valence-corrected chi connectivity index (χ1v) is 6.01. The number of ketones is 1. The number of methoxy groups -OCH3 is 1. The van der Waals surface area contributed by atoms with Crippen molar-refractivity contribution >= 4 is 39.3 Å². The molecule has 0 radical (unpaired) electrons. The molecule has 1 amide bonds. The van der Waals surface area contributed by atoms with Crippen molar-refractivity contribution in [1.82, 2.24) is 0 Å². The molecule has 0 aliphatic heterocycles. The van der Waals surface area contributed by atoms with Crippen LogP contribution in [0.2, 0.25) is 0 Å². The number of hydrogen-bond acceptors (Lipinski definition) is 4. The highest BCUT2D eigenvalue weighted by Gasteiger charge is 2.17. The van der Waals surface area contributed by atoms with Gasteiger partial charge in [-0.25, -0.2) is 9.18 Å². The fourth-order valence-electron chi connectivity index (χ4n) is 1.35. The lowest BCUT2D eigenvalue weighted by Crippen LogP contribution is -2.17. The van der Waals surface area contributed by atoms with Crippen LogP contribution in [0.25, 0.3) is 0 Å². The number of Topliss-reactive ketones (excluding diaryl/α,β-unsaturated/α-hetero) is 1. The van der Waals surface area contributed by atoms with Crippen LogP contribution >= 0.6 is 15.9 Å². The number of rotatable bonds is 4. The Labute approximate surface area is 117 Å². The number of nitrogens with one attached hydrogen (secondary N) is 1. The van der Waals surface area contributed by atoms with Crippen molar-refractivity contribution in [2.75, 3.05) is 12.4 Å². The standard InChI is InChI=1S/C12H11BrFNO4/c1-6(16)3-11(17)15-10-5-9(14)8(13)4-7(10)12(18)19-2/h4-5H,3H2,1-2H3,(H,15,17). The molecule has 1 rings (SSSR count). The highest BCUT2D eigenvalue weighted by Crippen LogP contribution is 2.25. The highest BCUT2D eigenvalue weighted by molar-refractivity contribution is 9.10. The Hall–Kier alpha value is -1.76. The number of halogens is 2. The average Bonchev–Trinajstić information content (AvgIpc) is 2.31. The Morgan fingerprint density at radius 1 is 1.37 bits per heavy atom. The van der Waals surface area contributed by atoms with Crippen LogP contribution in [-0.4, -0.2) is 24.8 Å². The molecule has 0 heterocycles. The second-order valence-electron chi connectivity index (χ2n) is 3.73. The predicted octanol–water partition coefficient (Wildman–Crippen LogP) is 2.29. The number of hydrogen-bond donors (Lipinski definition) is 1. The first-order valence-electron chi connectivity index (χ1n) is 5.21. The van der Waals surface area contributed by atoms with Crippen LogP contribution in [0.5, 0.6) is 0 Å². The van der Waals surface area contributed by atoms with Crippen molar-refractivity contribution in [2.24, 2.45) is 0 Å². The number of benzene rings is 1. The lowest BCUT2D eigenvalue weighted by atomic mass is 10.1. The highest BCUT2D eigenvalue weighted by atomic mass is 79.9. The summed E-state index contributed by atoms with van der Waals surface area (Å²) in [5, 5.41) is 2.30. The van der Waals surface area contributed by atoms with E-state index in [0.29, 0.717) is 0 Å². The van der Waals surface area contributed by atoms with Crippen LogP contribution in [-0.2, 0) is 14.3 Å². The zero-order valence-corrected chi connectivity index (χ0v) is 11.8. The van der Waals surface area contributed by atoms with Gasteiger partial charge in [-0.3, -0.25) is 9.59 Å². The van der Waals surface area contributed by atoms with Gasteiger partial charge < -0.3 is 10.1 Å². The van der Waals surface area contributed by atoms with Crippen LogP contribution in [0.15, 0.2) is 16.6 Å². The zero-order chi connectivity index (χ0) is 14.6. The van der Waals surface area contributed by atoms with Crippen LogP contribution in [0, 0.1) is 5.82 Å². The molecule has 0 bridgehead atoms. The maximum Gasteiger partial charge on any atom is 0.340 e. The maximum absolute atomic E-state index is 13.4. The fraction of sp³-hybridized carbons (Fsp3) is 0.250. The van der Waals surface area contributed by atoms with E-state index in [-0.39, 0.29) is 27.9 Å². The van der Waals surface area contributed by atoms with E-state index >= 15 is 0 Å². The topological polar surface area (TPSA) is 72.5 Å². The average molecular weight is 332 g/mol. The van der Waals surface area contributed by atoms with E-state index in [1.165, 1.54) is 20.1 Å². The molecule has 1 aromatic carbocycles. The molecule has 7 heteroatoms. The van der Waals surface area contributed by atoms with Gasteiger partial charge in [0.05, 0.1) is 29.3 Å². The predicted molar refractivity (Wildman–Crippen MR) is 69.4 cm³/mol. The fourth-order valence-corrected chi connectivity index (χ4v) is 1.69. The summed E-state index contributed by atoms with van der Waals surface area (Å²) in [4.78, 5) is 33.8. The van der Waals surface area contributed by atoms with E-state index in [1.54, 1.807) is 0 Å². The van der Waals surface area contributed by atoms with Gasteiger partial charge in [-0.05, 0) is 35.0 Å². The molecular formula is C12H11BrFNO4. The number of amides is 1. The van der Waals surface area contributed by atoms with Gasteiger partial charge in [0, 0.05) is 0 Å².